The van der Waals surface area contributed by atoms with E-state index in [1.807, 2.05) is 0 Å². The lowest BCUT2D eigenvalue weighted by atomic mass is 9.96. The molecule has 7 heteroatoms. The minimum absolute atomic E-state index is 0.0311. The van der Waals surface area contributed by atoms with E-state index in [2.05, 4.69) is 0 Å². The third-order valence-electron chi connectivity index (χ3n) is 1.15. The molecular formula is C8H5BF2O4. The summed E-state index contributed by atoms with van der Waals surface area (Å²) in [5, 5.41) is 14.8. The van der Waals surface area contributed by atoms with Crippen LogP contribution in [0.25, 0.3) is 0 Å². The van der Waals surface area contributed by atoms with Crippen molar-refractivity contribution in [3.05, 3.63) is 29.8 Å². The Morgan fingerprint density at radius 3 is 1.87 bits per heavy atom. The largest absolute Gasteiger partial charge is 0.473 e. The molecule has 0 bridgehead atoms. The second kappa shape index (κ2) is 5.74. The molecule has 1 aromatic carbocycles. The molecule has 1 rings (SSSR count). The van der Waals surface area contributed by atoms with Crippen LogP contribution in [0, 0.1) is 11.6 Å². The van der Waals surface area contributed by atoms with Crippen molar-refractivity contribution < 1.29 is 28.6 Å². The average Bonchev–Trinajstić information content (AvgIpc) is 2.13. The molecule has 2 N–H and O–H groups in total. The molecule has 0 unspecified atom stereocenters. The number of hydrogen-bond acceptors (Lipinski definition) is 2. The molecule has 0 heterocycles. The Bertz CT molecular complexity index is 369. The monoisotopic (exact) mass is 214 g/mol. The molecule has 4 nitrogen and oxygen atoms in total. The van der Waals surface area contributed by atoms with E-state index in [9.17, 15) is 8.78 Å². The summed E-state index contributed by atoms with van der Waals surface area (Å²) >= 11 is 0. The van der Waals surface area contributed by atoms with E-state index in [4.69, 9.17) is 27.6 Å². The topological polar surface area (TPSA) is 74.6 Å². The summed E-state index contributed by atoms with van der Waals surface area (Å²) in [6.45, 7) is 0. The Kier molecular flexibility index (Phi) is 5.01. The van der Waals surface area contributed by atoms with Crippen molar-refractivity contribution in [2.24, 2.45) is 0 Å². The van der Waals surface area contributed by atoms with Crippen LogP contribution < -0.4 is 5.46 Å². The highest BCUT2D eigenvalue weighted by Crippen LogP contribution is 1.96. The molecule has 0 aromatic heterocycles. The maximum Gasteiger partial charge on any atom is 0.414 e. The van der Waals surface area contributed by atoms with Crippen LogP contribution in [0.2, 0.25) is 0 Å². The minimum atomic E-state index is -1.82. The van der Waals surface area contributed by atoms with E-state index in [0.717, 1.165) is 12.1 Å². The molecule has 0 amide bonds. The molecule has 0 spiro atoms. The summed E-state index contributed by atoms with van der Waals surface area (Å²) in [5.74, 6) is -4.97. The van der Waals surface area contributed by atoms with Gasteiger partial charge in [0.15, 0.2) is 0 Å². The quantitative estimate of drug-likeness (QED) is 0.467. The van der Waals surface area contributed by atoms with E-state index in [0.29, 0.717) is 0 Å². The molecule has 0 aliphatic rings. The molecule has 0 aliphatic heterocycles. The van der Waals surface area contributed by atoms with Gasteiger partial charge in [0, 0.05) is 6.07 Å². The first-order chi connectivity index (χ1) is 6.84. The van der Waals surface area contributed by atoms with E-state index in [-0.39, 0.29) is 5.46 Å². The van der Waals surface area contributed by atoms with E-state index >= 15 is 0 Å². The van der Waals surface area contributed by atoms with Gasteiger partial charge in [-0.05, 0) is 6.07 Å². The van der Waals surface area contributed by atoms with Gasteiger partial charge in [-0.2, -0.15) is 0 Å². The number of hydrogen-bond donors (Lipinski definition) is 2. The lowest BCUT2D eigenvalue weighted by Crippen LogP contribution is -2.09. The third-order valence-corrected chi connectivity index (χ3v) is 1.15. The Morgan fingerprint density at radius 1 is 1.13 bits per heavy atom. The Hall–Kier alpha value is -1.92. The normalized spacial score (nSPS) is 8.67. The highest BCUT2D eigenvalue weighted by Gasteiger charge is 2.04. The number of rotatable bonds is 0. The van der Waals surface area contributed by atoms with Gasteiger partial charge in [-0.3, -0.25) is 0 Å². The summed E-state index contributed by atoms with van der Waals surface area (Å²) in [5.41, 5.74) is -0.0311. The fraction of sp³-hybridized carbons (Fsp3) is 0. The molecule has 15 heavy (non-hydrogen) atoms. The summed E-state index contributed by atoms with van der Waals surface area (Å²) in [7, 11) is 5.05. The second-order valence-corrected chi connectivity index (χ2v) is 2.28. The van der Waals surface area contributed by atoms with E-state index in [1.54, 1.807) is 0 Å². The standard InChI is InChI=1S/C6H3BF2.C2H2O4/c7-5-2-1-4(8)3-6(5)9;3-1(4)2(5)6/h1-3H;(H,3,4)(H,5,6). The molecule has 0 atom stereocenters. The van der Waals surface area contributed by atoms with Gasteiger partial charge in [-0.1, -0.05) is 11.5 Å². The van der Waals surface area contributed by atoms with Crippen molar-refractivity contribution in [2.45, 2.75) is 0 Å². The number of carboxylic acid groups (broad SMARTS) is 2. The lowest BCUT2D eigenvalue weighted by molar-refractivity contribution is -0.159. The average molecular weight is 214 g/mol. The molecule has 2 radical (unpaired) electrons. The molecule has 78 valence electrons. The van der Waals surface area contributed by atoms with Crippen LogP contribution in [-0.2, 0) is 9.59 Å². The van der Waals surface area contributed by atoms with Crippen LogP contribution in [0.15, 0.2) is 18.2 Å². The first kappa shape index (κ1) is 13.1. The highest BCUT2D eigenvalue weighted by atomic mass is 19.1. The van der Waals surface area contributed by atoms with Crippen molar-refractivity contribution in [2.75, 3.05) is 0 Å². The zero-order valence-electron chi connectivity index (χ0n) is 7.28. The molecule has 0 fully saturated rings. The van der Waals surface area contributed by atoms with Crippen molar-refractivity contribution >= 4 is 25.2 Å². The van der Waals surface area contributed by atoms with Crippen LogP contribution in [0.1, 0.15) is 0 Å². The van der Waals surface area contributed by atoms with Crippen LogP contribution in [0.4, 0.5) is 8.78 Å². The number of carboxylic acids is 2. The van der Waals surface area contributed by atoms with Crippen LogP contribution in [-0.4, -0.2) is 30.0 Å². The summed E-state index contributed by atoms with van der Waals surface area (Å²) in [6, 6.07) is 3.04. The van der Waals surface area contributed by atoms with Crippen molar-refractivity contribution in [3.8, 4) is 0 Å². The van der Waals surface area contributed by atoms with Gasteiger partial charge in [-0.15, -0.1) is 0 Å². The second-order valence-electron chi connectivity index (χ2n) is 2.28. The van der Waals surface area contributed by atoms with Crippen LogP contribution in [0.3, 0.4) is 0 Å². The lowest BCUT2D eigenvalue weighted by Gasteiger charge is -1.92. The van der Waals surface area contributed by atoms with Crippen LogP contribution in [0.5, 0.6) is 0 Å². The Labute approximate surface area is 84.6 Å². The van der Waals surface area contributed by atoms with Gasteiger partial charge in [0.2, 0.25) is 0 Å². The zero-order chi connectivity index (χ0) is 12.0. The van der Waals surface area contributed by atoms with Gasteiger partial charge in [0.1, 0.15) is 19.5 Å². The first-order valence-electron chi connectivity index (χ1n) is 3.51. The fourth-order valence-corrected chi connectivity index (χ4v) is 0.502. The highest BCUT2D eigenvalue weighted by molar-refractivity contribution is 6.32. The number of carbonyl (C=O) groups is 2. The molecule has 0 aliphatic carbocycles. The van der Waals surface area contributed by atoms with Gasteiger partial charge >= 0.3 is 11.9 Å². The Morgan fingerprint density at radius 2 is 1.60 bits per heavy atom. The molecule has 1 aromatic rings. The van der Waals surface area contributed by atoms with Gasteiger partial charge in [-0.25, -0.2) is 18.4 Å². The van der Waals surface area contributed by atoms with Gasteiger partial charge < -0.3 is 10.2 Å². The first-order valence-corrected chi connectivity index (χ1v) is 3.51. The maximum absolute atomic E-state index is 12.2. The fourth-order valence-electron chi connectivity index (χ4n) is 0.502. The Balaban J connectivity index is 0.000000288. The molecule has 0 saturated carbocycles. The number of benzene rings is 1. The van der Waals surface area contributed by atoms with E-state index in [1.165, 1.54) is 6.07 Å². The predicted molar refractivity (Wildman–Crippen MR) is 47.0 cm³/mol. The van der Waals surface area contributed by atoms with Crippen molar-refractivity contribution in [1.82, 2.24) is 0 Å². The smallest absolute Gasteiger partial charge is 0.414 e. The molecular weight excluding hydrogens is 209 g/mol. The number of aliphatic carboxylic acids is 2. The van der Waals surface area contributed by atoms with Crippen molar-refractivity contribution in [3.63, 3.8) is 0 Å². The van der Waals surface area contributed by atoms with Gasteiger partial charge in [0.25, 0.3) is 0 Å². The zero-order valence-corrected chi connectivity index (χ0v) is 7.28. The predicted octanol–water partition coefficient (Wildman–Crippen LogP) is -0.0858. The SMILES string of the molecule is O=C(O)C(=O)O.[B]c1ccc(F)cc1F. The van der Waals surface area contributed by atoms with Gasteiger partial charge in [0.05, 0.1) is 0 Å². The minimum Gasteiger partial charge on any atom is -0.473 e. The third kappa shape index (κ3) is 5.40. The van der Waals surface area contributed by atoms with E-state index < -0.39 is 23.6 Å². The summed E-state index contributed by atoms with van der Waals surface area (Å²) < 4.78 is 24.3. The number of halogens is 2. The van der Waals surface area contributed by atoms with Crippen LogP contribution >= 0.6 is 0 Å². The maximum atomic E-state index is 12.2. The summed E-state index contributed by atoms with van der Waals surface area (Å²) in [4.78, 5) is 18.2. The molecule has 0 saturated heterocycles. The summed E-state index contributed by atoms with van der Waals surface area (Å²) in [6.07, 6.45) is 0. The van der Waals surface area contributed by atoms with Crippen molar-refractivity contribution in [1.29, 1.82) is 0 Å².